The first-order valence-corrected chi connectivity index (χ1v) is 2.87. The molecule has 0 aliphatic carbocycles. The van der Waals surface area contributed by atoms with Crippen molar-refractivity contribution in [2.24, 2.45) is 0 Å². The summed E-state index contributed by atoms with van der Waals surface area (Å²) in [7, 11) is 0. The molecule has 9 heavy (non-hydrogen) atoms. The first-order valence-electron chi connectivity index (χ1n) is 2.87. The molecule has 0 spiro atoms. The zero-order valence-corrected chi connectivity index (χ0v) is 5.66. The summed E-state index contributed by atoms with van der Waals surface area (Å²) in [5.41, 5.74) is 0. The lowest BCUT2D eigenvalue weighted by Gasteiger charge is -2.21. The number of hydrazine groups is 1. The zero-order valence-electron chi connectivity index (χ0n) is 5.66. The number of hydrogen-bond donors (Lipinski definition) is 1. The average molecular weight is 131 g/mol. The van der Waals surface area contributed by atoms with Crippen molar-refractivity contribution in [3.05, 3.63) is 0 Å². The highest BCUT2D eigenvalue weighted by atomic mass is 16.6. The van der Waals surface area contributed by atoms with Gasteiger partial charge in [0.05, 0.1) is 0 Å². The minimum Gasteiger partial charge on any atom is -0.294 e. The van der Waals surface area contributed by atoms with Gasteiger partial charge in [-0.05, 0) is 13.8 Å². The van der Waals surface area contributed by atoms with Crippen LogP contribution in [0.5, 0.6) is 0 Å². The number of hydrogen-bond acceptors (Lipinski definition) is 3. The minimum absolute atomic E-state index is 0.392. The molecule has 0 aromatic heterocycles. The van der Waals surface area contributed by atoms with Gasteiger partial charge < -0.3 is 0 Å². The fourth-order valence-electron chi connectivity index (χ4n) is 0.446. The summed E-state index contributed by atoms with van der Waals surface area (Å²) in [6, 6.07) is 0. The molecule has 1 amide bonds. The summed E-state index contributed by atoms with van der Waals surface area (Å²) >= 11 is 0. The van der Waals surface area contributed by atoms with Crippen LogP contribution in [0, 0.1) is 0 Å². The summed E-state index contributed by atoms with van der Waals surface area (Å²) < 4.78 is 0. The first kappa shape index (κ1) is 8.39. The van der Waals surface area contributed by atoms with Crippen molar-refractivity contribution >= 4 is 6.41 Å². The topological polar surface area (TPSA) is 43.8 Å². The van der Waals surface area contributed by atoms with E-state index in [4.69, 9.17) is 5.21 Å². The molecule has 0 saturated heterocycles. The Bertz CT molecular complexity index is 87.0. The Morgan fingerprint density at radius 2 is 2.00 bits per heavy atom. The van der Waals surface area contributed by atoms with Gasteiger partial charge in [0.25, 0.3) is 0 Å². The monoisotopic (exact) mass is 131 g/mol. The summed E-state index contributed by atoms with van der Waals surface area (Å²) in [4.78, 5) is 9.94. The number of nitrogens with zero attached hydrogens (tertiary/aromatic N) is 2. The quantitative estimate of drug-likeness (QED) is 0.431. The van der Waals surface area contributed by atoms with Gasteiger partial charge in [-0.2, -0.15) is 0 Å². The molecule has 0 bridgehead atoms. The molecule has 0 aliphatic rings. The van der Waals surface area contributed by atoms with Crippen LogP contribution in [0.1, 0.15) is 13.8 Å². The van der Waals surface area contributed by atoms with E-state index in [1.165, 1.54) is 0 Å². The fourth-order valence-corrected chi connectivity index (χ4v) is 0.446. The summed E-state index contributed by atoms with van der Waals surface area (Å²) in [5, 5.41) is 10.7. The van der Waals surface area contributed by atoms with Crippen molar-refractivity contribution in [3.8, 4) is 0 Å². The minimum atomic E-state index is 0.392. The summed E-state index contributed by atoms with van der Waals surface area (Å²) in [6.45, 7) is 4.32. The molecule has 0 unspecified atom stereocenters. The van der Waals surface area contributed by atoms with Gasteiger partial charge in [-0.15, -0.1) is 0 Å². The molecule has 0 atom stereocenters. The predicted molar refractivity (Wildman–Crippen MR) is 32.2 cm³/mol. The predicted octanol–water partition coefficient (Wildman–Crippen LogP) is 0.00160. The molecule has 53 valence electrons. The van der Waals surface area contributed by atoms with Gasteiger partial charge >= 0.3 is 6.41 Å². The number of amides is 1. The van der Waals surface area contributed by atoms with Crippen molar-refractivity contribution in [1.29, 1.82) is 0 Å². The maximum Gasteiger partial charge on any atom is 0.329 e. The van der Waals surface area contributed by atoms with Crippen LogP contribution < -0.4 is 0 Å². The van der Waals surface area contributed by atoms with Gasteiger partial charge in [0, 0.05) is 13.1 Å². The second kappa shape index (κ2) is 4.29. The molecule has 0 fully saturated rings. The SMILES string of the molecule is CCN(O)N([C]=O)CC. The van der Waals surface area contributed by atoms with Gasteiger partial charge in [-0.3, -0.25) is 10.0 Å². The van der Waals surface area contributed by atoms with E-state index < -0.39 is 0 Å². The van der Waals surface area contributed by atoms with Crippen LogP contribution in [-0.4, -0.2) is 34.9 Å². The van der Waals surface area contributed by atoms with Crippen LogP contribution in [-0.2, 0) is 4.79 Å². The third-order valence-corrected chi connectivity index (χ3v) is 0.966. The van der Waals surface area contributed by atoms with E-state index in [2.05, 4.69) is 0 Å². The van der Waals surface area contributed by atoms with Crippen molar-refractivity contribution in [1.82, 2.24) is 10.2 Å². The molecule has 4 nitrogen and oxygen atoms in total. The number of hydroxylamine groups is 1. The lowest BCUT2D eigenvalue weighted by Crippen LogP contribution is -2.38. The highest BCUT2D eigenvalue weighted by Crippen LogP contribution is 1.86. The summed E-state index contributed by atoms with van der Waals surface area (Å²) in [6.07, 6.45) is 1.56. The van der Waals surface area contributed by atoms with Crippen LogP contribution in [0.3, 0.4) is 0 Å². The molecule has 0 saturated carbocycles. The molecule has 1 N–H and O–H groups in total. The van der Waals surface area contributed by atoms with Crippen molar-refractivity contribution < 1.29 is 10.0 Å². The van der Waals surface area contributed by atoms with Crippen LogP contribution >= 0.6 is 0 Å². The molecule has 0 aliphatic heterocycles. The van der Waals surface area contributed by atoms with Gasteiger partial charge in [0.15, 0.2) is 0 Å². The lowest BCUT2D eigenvalue weighted by molar-refractivity contribution is -0.207. The summed E-state index contributed by atoms with van der Waals surface area (Å²) in [5.74, 6) is 0. The van der Waals surface area contributed by atoms with Crippen molar-refractivity contribution in [2.45, 2.75) is 13.8 Å². The Morgan fingerprint density at radius 1 is 1.44 bits per heavy atom. The molecular formula is C5H11N2O2. The Morgan fingerprint density at radius 3 is 2.11 bits per heavy atom. The van der Waals surface area contributed by atoms with Crippen LogP contribution in [0.25, 0.3) is 0 Å². The first-order chi connectivity index (χ1) is 4.26. The fraction of sp³-hybridized carbons (Fsp3) is 0.800. The third-order valence-electron chi connectivity index (χ3n) is 0.966. The smallest absolute Gasteiger partial charge is 0.294 e. The Balaban J connectivity index is 3.63. The Hall–Kier alpha value is -0.610. The van der Waals surface area contributed by atoms with E-state index >= 15 is 0 Å². The van der Waals surface area contributed by atoms with E-state index in [9.17, 15) is 4.79 Å². The second-order valence-electron chi connectivity index (χ2n) is 1.50. The van der Waals surface area contributed by atoms with E-state index in [1.807, 2.05) is 0 Å². The molecule has 0 aromatic carbocycles. The molecule has 0 aromatic rings. The van der Waals surface area contributed by atoms with Crippen LogP contribution in [0.15, 0.2) is 0 Å². The van der Waals surface area contributed by atoms with Crippen LogP contribution in [0.4, 0.5) is 0 Å². The largest absolute Gasteiger partial charge is 0.329 e. The second-order valence-corrected chi connectivity index (χ2v) is 1.50. The van der Waals surface area contributed by atoms with Crippen molar-refractivity contribution in [2.75, 3.05) is 13.1 Å². The van der Waals surface area contributed by atoms with Gasteiger partial charge in [-0.1, -0.05) is 5.17 Å². The standard InChI is InChI=1S/C5H11N2O2/c1-3-6(5-8)7(9)4-2/h9H,3-4H2,1-2H3. The van der Waals surface area contributed by atoms with Crippen molar-refractivity contribution in [3.63, 3.8) is 0 Å². The number of rotatable bonds is 4. The normalized spacial score (nSPS) is 9.78. The highest BCUT2D eigenvalue weighted by molar-refractivity contribution is 5.46. The average Bonchev–Trinajstić information content (AvgIpc) is 1.90. The zero-order chi connectivity index (χ0) is 7.28. The third kappa shape index (κ3) is 2.43. The van der Waals surface area contributed by atoms with Gasteiger partial charge in [0.2, 0.25) is 0 Å². The van der Waals surface area contributed by atoms with Gasteiger partial charge in [-0.25, -0.2) is 5.01 Å². The van der Waals surface area contributed by atoms with Gasteiger partial charge in [0.1, 0.15) is 0 Å². The molecule has 4 heteroatoms. The lowest BCUT2D eigenvalue weighted by atomic mass is 10.7. The maximum absolute atomic E-state index is 9.94. The van der Waals surface area contributed by atoms with E-state index in [-0.39, 0.29) is 0 Å². The van der Waals surface area contributed by atoms with E-state index in [0.717, 1.165) is 10.2 Å². The Kier molecular flexibility index (Phi) is 4.00. The van der Waals surface area contributed by atoms with E-state index in [1.54, 1.807) is 20.3 Å². The molecule has 0 rings (SSSR count). The molecule has 0 heterocycles. The highest BCUT2D eigenvalue weighted by Gasteiger charge is 2.04. The Labute approximate surface area is 54.6 Å². The number of carbonyl (C=O) groups excluding carboxylic acids is 1. The maximum atomic E-state index is 9.94. The molecule has 1 radical (unpaired) electrons. The van der Waals surface area contributed by atoms with E-state index in [0.29, 0.717) is 13.1 Å². The molecular weight excluding hydrogens is 120 g/mol. The van der Waals surface area contributed by atoms with Crippen LogP contribution in [0.2, 0.25) is 0 Å².